The molecule has 10 heteroatoms. The van der Waals surface area contributed by atoms with E-state index in [4.69, 9.17) is 23.2 Å². The predicted molar refractivity (Wildman–Crippen MR) is 147 cm³/mol. The Morgan fingerprint density at radius 2 is 1.62 bits per heavy atom. The molecule has 3 aromatic rings. The predicted octanol–water partition coefficient (Wildman–Crippen LogP) is 5.13. The summed E-state index contributed by atoms with van der Waals surface area (Å²) in [5, 5.41) is 3.55. The maximum Gasteiger partial charge on any atom is 0.264 e. The molecule has 0 aliphatic heterocycles. The zero-order chi connectivity index (χ0) is 27.0. The third kappa shape index (κ3) is 7.25. The maximum absolute atomic E-state index is 13.8. The third-order valence-corrected chi connectivity index (χ3v) is 8.11. The van der Waals surface area contributed by atoms with Gasteiger partial charge in [0.05, 0.1) is 10.6 Å². The van der Waals surface area contributed by atoms with Crippen molar-refractivity contribution in [1.82, 2.24) is 10.2 Å². The summed E-state index contributed by atoms with van der Waals surface area (Å²) in [5.41, 5.74) is 0.860. The summed E-state index contributed by atoms with van der Waals surface area (Å²) < 4.78 is 28.3. The molecule has 0 saturated carbocycles. The molecule has 1 atom stereocenters. The lowest BCUT2D eigenvalue weighted by atomic mass is 10.1. The summed E-state index contributed by atoms with van der Waals surface area (Å²) in [6, 6.07) is 20.2. The highest BCUT2D eigenvalue weighted by Gasteiger charge is 2.32. The number of nitrogens with one attached hydrogen (secondary N) is 1. The molecule has 2 amide bonds. The number of sulfonamides is 1. The van der Waals surface area contributed by atoms with Crippen molar-refractivity contribution in [1.29, 1.82) is 0 Å². The molecule has 37 heavy (non-hydrogen) atoms. The number of halogens is 2. The molecule has 0 aliphatic rings. The van der Waals surface area contributed by atoms with E-state index in [0.29, 0.717) is 22.2 Å². The fourth-order valence-corrected chi connectivity index (χ4v) is 5.48. The average Bonchev–Trinajstić information content (AvgIpc) is 2.89. The van der Waals surface area contributed by atoms with E-state index in [1.165, 1.54) is 23.1 Å². The van der Waals surface area contributed by atoms with Gasteiger partial charge in [-0.3, -0.25) is 13.9 Å². The van der Waals surface area contributed by atoms with Gasteiger partial charge in [0.15, 0.2) is 0 Å². The van der Waals surface area contributed by atoms with E-state index in [0.717, 1.165) is 10.7 Å². The maximum atomic E-state index is 13.8. The third-order valence-electron chi connectivity index (χ3n) is 5.72. The Morgan fingerprint density at radius 3 is 2.27 bits per heavy atom. The van der Waals surface area contributed by atoms with Crippen LogP contribution >= 0.6 is 23.2 Å². The molecule has 7 nitrogen and oxygen atoms in total. The van der Waals surface area contributed by atoms with Gasteiger partial charge < -0.3 is 10.2 Å². The number of benzene rings is 3. The van der Waals surface area contributed by atoms with Crippen molar-refractivity contribution >= 4 is 50.7 Å². The molecule has 1 N–H and O–H groups in total. The molecule has 0 aromatic heterocycles. The van der Waals surface area contributed by atoms with Gasteiger partial charge in [-0.05, 0) is 55.3 Å². The van der Waals surface area contributed by atoms with Crippen LogP contribution in [0.15, 0.2) is 83.8 Å². The molecular weight excluding hydrogens is 533 g/mol. The van der Waals surface area contributed by atoms with Gasteiger partial charge in [0, 0.05) is 23.1 Å². The molecule has 0 heterocycles. The van der Waals surface area contributed by atoms with E-state index < -0.39 is 28.5 Å². The highest BCUT2D eigenvalue weighted by atomic mass is 35.5. The molecule has 0 fully saturated rings. The lowest BCUT2D eigenvalue weighted by molar-refractivity contribution is -0.139. The number of carbonyl (C=O) groups excluding carboxylic acids is 2. The second-order valence-electron chi connectivity index (χ2n) is 8.38. The molecule has 3 rings (SSSR count). The molecule has 196 valence electrons. The summed E-state index contributed by atoms with van der Waals surface area (Å²) in [4.78, 5) is 28.0. The summed E-state index contributed by atoms with van der Waals surface area (Å²) in [7, 11) is -4.14. The van der Waals surface area contributed by atoms with Crippen molar-refractivity contribution < 1.29 is 18.0 Å². The number of hydrogen-bond acceptors (Lipinski definition) is 4. The quantitative estimate of drug-likeness (QED) is 0.351. The van der Waals surface area contributed by atoms with Gasteiger partial charge in [-0.25, -0.2) is 8.42 Å². The number of hydrogen-bond donors (Lipinski definition) is 1. The lowest BCUT2D eigenvalue weighted by Crippen LogP contribution is -2.51. The molecule has 0 radical (unpaired) electrons. The van der Waals surface area contributed by atoms with Crippen LogP contribution in [0.4, 0.5) is 5.69 Å². The Kier molecular flexibility index (Phi) is 9.97. The van der Waals surface area contributed by atoms with Gasteiger partial charge in [-0.2, -0.15) is 0 Å². The van der Waals surface area contributed by atoms with Crippen LogP contribution in [0.1, 0.15) is 25.8 Å². The zero-order valence-electron chi connectivity index (χ0n) is 20.6. The van der Waals surface area contributed by atoms with Crippen molar-refractivity contribution in [3.05, 3.63) is 94.5 Å². The average molecular weight is 563 g/mol. The second kappa shape index (κ2) is 12.9. The smallest absolute Gasteiger partial charge is 0.264 e. The van der Waals surface area contributed by atoms with Crippen molar-refractivity contribution in [3.63, 3.8) is 0 Å². The van der Waals surface area contributed by atoms with Crippen molar-refractivity contribution in [2.24, 2.45) is 0 Å². The van der Waals surface area contributed by atoms with Crippen LogP contribution in [0.5, 0.6) is 0 Å². The van der Waals surface area contributed by atoms with Gasteiger partial charge in [0.1, 0.15) is 12.6 Å². The zero-order valence-corrected chi connectivity index (χ0v) is 22.9. The monoisotopic (exact) mass is 561 g/mol. The summed E-state index contributed by atoms with van der Waals surface area (Å²) in [6.45, 7) is 3.46. The minimum atomic E-state index is -4.14. The van der Waals surface area contributed by atoms with Crippen LogP contribution in [0, 0.1) is 0 Å². The standard InChI is InChI=1S/C27H29Cl2N3O4S/c1-3-16-30-27(34)20(2)31(18-21-10-7-8-15-25(21)29)26(33)19-32(23-12-9-11-22(28)17-23)37(35,36)24-13-5-4-6-14-24/h4-15,17,20H,3,16,18-19H2,1-2H3,(H,30,34)/t20-/m0/s1. The Labute approximate surface area is 228 Å². The van der Waals surface area contributed by atoms with Crippen molar-refractivity contribution in [2.75, 3.05) is 17.4 Å². The Hall–Kier alpha value is -3.07. The number of anilines is 1. The number of nitrogens with zero attached hydrogens (tertiary/aromatic N) is 2. The number of rotatable bonds is 11. The van der Waals surface area contributed by atoms with Crippen LogP contribution < -0.4 is 9.62 Å². The molecule has 0 spiro atoms. The molecule has 0 saturated heterocycles. The van der Waals surface area contributed by atoms with E-state index >= 15 is 0 Å². The minimum Gasteiger partial charge on any atom is -0.354 e. The fraction of sp³-hybridized carbons (Fsp3) is 0.259. The van der Waals surface area contributed by atoms with Gasteiger partial charge in [-0.1, -0.05) is 72.6 Å². The first-order valence-electron chi connectivity index (χ1n) is 11.8. The van der Waals surface area contributed by atoms with Crippen LogP contribution in [0.3, 0.4) is 0 Å². The lowest BCUT2D eigenvalue weighted by Gasteiger charge is -2.32. The van der Waals surface area contributed by atoms with Crippen LogP contribution in [0.25, 0.3) is 0 Å². The van der Waals surface area contributed by atoms with Crippen LogP contribution in [-0.4, -0.2) is 44.3 Å². The van der Waals surface area contributed by atoms with Crippen molar-refractivity contribution in [2.45, 2.75) is 37.8 Å². The van der Waals surface area contributed by atoms with Crippen LogP contribution in [-0.2, 0) is 26.2 Å². The molecule has 0 bridgehead atoms. The van der Waals surface area contributed by atoms with E-state index in [1.807, 2.05) is 6.92 Å². The van der Waals surface area contributed by atoms with E-state index in [2.05, 4.69) is 5.32 Å². The fourth-order valence-electron chi connectivity index (χ4n) is 3.67. The van der Waals surface area contributed by atoms with E-state index in [-0.39, 0.29) is 23.0 Å². The molecular formula is C27H29Cl2N3O4S. The summed E-state index contributed by atoms with van der Waals surface area (Å²) >= 11 is 12.5. The van der Waals surface area contributed by atoms with Gasteiger partial charge in [0.25, 0.3) is 10.0 Å². The molecule has 0 unspecified atom stereocenters. The van der Waals surface area contributed by atoms with Gasteiger partial charge in [0.2, 0.25) is 11.8 Å². The first-order chi connectivity index (χ1) is 17.6. The Balaban J connectivity index is 2.02. The Morgan fingerprint density at radius 1 is 0.946 bits per heavy atom. The summed E-state index contributed by atoms with van der Waals surface area (Å²) in [6.07, 6.45) is 0.731. The van der Waals surface area contributed by atoms with Crippen molar-refractivity contribution in [3.8, 4) is 0 Å². The Bertz CT molecular complexity index is 1340. The largest absolute Gasteiger partial charge is 0.354 e. The first kappa shape index (κ1) is 28.5. The van der Waals surface area contributed by atoms with Gasteiger partial charge >= 0.3 is 0 Å². The topological polar surface area (TPSA) is 86.8 Å². The molecule has 3 aromatic carbocycles. The van der Waals surface area contributed by atoms with E-state index in [1.54, 1.807) is 67.6 Å². The van der Waals surface area contributed by atoms with Crippen LogP contribution in [0.2, 0.25) is 10.0 Å². The normalized spacial score (nSPS) is 12.0. The second-order valence-corrected chi connectivity index (χ2v) is 11.1. The van der Waals surface area contributed by atoms with Gasteiger partial charge in [-0.15, -0.1) is 0 Å². The molecule has 0 aliphatic carbocycles. The first-order valence-corrected chi connectivity index (χ1v) is 14.0. The minimum absolute atomic E-state index is 0.0218. The summed E-state index contributed by atoms with van der Waals surface area (Å²) in [5.74, 6) is -0.916. The number of amides is 2. The highest BCUT2D eigenvalue weighted by molar-refractivity contribution is 7.92. The van der Waals surface area contributed by atoms with E-state index in [9.17, 15) is 18.0 Å². The number of carbonyl (C=O) groups is 2. The highest BCUT2D eigenvalue weighted by Crippen LogP contribution is 2.27. The SMILES string of the molecule is CCCNC(=O)[C@H](C)N(Cc1ccccc1Cl)C(=O)CN(c1cccc(Cl)c1)S(=O)(=O)c1ccccc1.